The van der Waals surface area contributed by atoms with Gasteiger partial charge in [0, 0.05) is 19.7 Å². The van der Waals surface area contributed by atoms with Crippen molar-refractivity contribution in [3.63, 3.8) is 0 Å². The molecule has 1 aromatic rings. The summed E-state index contributed by atoms with van der Waals surface area (Å²) in [5.41, 5.74) is 1.24. The Kier molecular flexibility index (Phi) is 3.39. The molecule has 1 radical (unpaired) electrons. The maximum absolute atomic E-state index is 6.00. The summed E-state index contributed by atoms with van der Waals surface area (Å²) in [5, 5.41) is 4.40. The molecule has 0 N–H and O–H groups in total. The zero-order chi connectivity index (χ0) is 10.6. The second-order valence-corrected chi connectivity index (χ2v) is 3.96. The number of piperidine rings is 1. The van der Waals surface area contributed by atoms with E-state index in [1.165, 1.54) is 5.56 Å². The predicted octanol–water partition coefficient (Wildman–Crippen LogP) is 2.32. The van der Waals surface area contributed by atoms with Crippen molar-refractivity contribution in [2.24, 2.45) is 0 Å². The lowest BCUT2D eigenvalue weighted by Crippen LogP contribution is -2.39. The van der Waals surface area contributed by atoms with E-state index in [1.54, 1.807) is 0 Å². The smallest absolute Gasteiger partial charge is 0.0956 e. The predicted molar refractivity (Wildman–Crippen MR) is 60.8 cm³/mol. The Bertz CT molecular complexity index is 285. The third kappa shape index (κ3) is 2.21. The van der Waals surface area contributed by atoms with Crippen molar-refractivity contribution >= 4 is 0 Å². The highest BCUT2D eigenvalue weighted by Crippen LogP contribution is 2.34. The van der Waals surface area contributed by atoms with Crippen molar-refractivity contribution in [3.05, 3.63) is 35.9 Å². The summed E-state index contributed by atoms with van der Waals surface area (Å²) in [6, 6.07) is 10.6. The summed E-state index contributed by atoms with van der Waals surface area (Å²) < 4.78 is 6.00. The Morgan fingerprint density at radius 1 is 1.20 bits per heavy atom. The molecule has 0 bridgehead atoms. The summed E-state index contributed by atoms with van der Waals surface area (Å²) >= 11 is 0. The fourth-order valence-corrected chi connectivity index (χ4v) is 2.29. The van der Waals surface area contributed by atoms with E-state index in [0.717, 1.165) is 32.5 Å². The van der Waals surface area contributed by atoms with Crippen molar-refractivity contribution in [1.82, 2.24) is 5.32 Å². The zero-order valence-electron chi connectivity index (χ0n) is 9.28. The molecule has 1 aliphatic heterocycles. The lowest BCUT2D eigenvalue weighted by Gasteiger charge is -2.37. The normalized spacial score (nSPS) is 20.1. The molecule has 1 heterocycles. The van der Waals surface area contributed by atoms with Crippen LogP contribution in [0.2, 0.25) is 0 Å². The van der Waals surface area contributed by atoms with Crippen molar-refractivity contribution < 1.29 is 4.74 Å². The summed E-state index contributed by atoms with van der Waals surface area (Å²) in [5.74, 6) is 0. The molecule has 0 atom stereocenters. The van der Waals surface area contributed by atoms with Crippen LogP contribution in [0.15, 0.2) is 30.3 Å². The molecule has 1 aromatic carbocycles. The van der Waals surface area contributed by atoms with Crippen LogP contribution in [0, 0.1) is 0 Å². The van der Waals surface area contributed by atoms with Crippen LogP contribution in [-0.2, 0) is 10.3 Å². The number of benzene rings is 1. The average Bonchev–Trinajstić information content (AvgIpc) is 2.32. The van der Waals surface area contributed by atoms with Crippen LogP contribution in [-0.4, -0.2) is 19.7 Å². The SMILES string of the molecule is CCOC1(c2ccccc2)CC[N]CC1. The number of rotatable bonds is 3. The Balaban J connectivity index is 2.25. The first-order valence-electron chi connectivity index (χ1n) is 5.70. The van der Waals surface area contributed by atoms with Gasteiger partial charge in [-0.3, -0.25) is 0 Å². The monoisotopic (exact) mass is 204 g/mol. The molecule has 0 saturated carbocycles. The number of hydrogen-bond donors (Lipinski definition) is 0. The lowest BCUT2D eigenvalue weighted by molar-refractivity contribution is -0.0660. The van der Waals surface area contributed by atoms with E-state index in [4.69, 9.17) is 4.74 Å². The molecule has 0 unspecified atom stereocenters. The van der Waals surface area contributed by atoms with Gasteiger partial charge in [-0.2, -0.15) is 0 Å². The molecular weight excluding hydrogens is 186 g/mol. The van der Waals surface area contributed by atoms with Crippen LogP contribution < -0.4 is 5.32 Å². The molecule has 2 heteroatoms. The van der Waals surface area contributed by atoms with E-state index in [1.807, 2.05) is 0 Å². The van der Waals surface area contributed by atoms with Gasteiger partial charge in [0.15, 0.2) is 0 Å². The van der Waals surface area contributed by atoms with Gasteiger partial charge in [0.25, 0.3) is 0 Å². The minimum absolute atomic E-state index is 0.0717. The average molecular weight is 204 g/mol. The first-order chi connectivity index (χ1) is 7.37. The van der Waals surface area contributed by atoms with Gasteiger partial charge in [-0.15, -0.1) is 0 Å². The first-order valence-corrected chi connectivity index (χ1v) is 5.70. The van der Waals surface area contributed by atoms with E-state index in [-0.39, 0.29) is 5.60 Å². The van der Waals surface area contributed by atoms with Gasteiger partial charge in [0.1, 0.15) is 0 Å². The van der Waals surface area contributed by atoms with Gasteiger partial charge in [0.05, 0.1) is 5.60 Å². The van der Waals surface area contributed by atoms with Crippen LogP contribution in [0.3, 0.4) is 0 Å². The van der Waals surface area contributed by atoms with Crippen LogP contribution in [0.5, 0.6) is 0 Å². The summed E-state index contributed by atoms with van der Waals surface area (Å²) in [6.45, 7) is 4.69. The van der Waals surface area contributed by atoms with Crippen LogP contribution in [0.4, 0.5) is 0 Å². The minimum atomic E-state index is -0.0717. The third-order valence-electron chi connectivity index (χ3n) is 3.07. The third-order valence-corrected chi connectivity index (χ3v) is 3.07. The molecule has 15 heavy (non-hydrogen) atoms. The largest absolute Gasteiger partial charge is 0.370 e. The summed E-state index contributed by atoms with van der Waals surface area (Å²) in [6.07, 6.45) is 2.04. The highest BCUT2D eigenvalue weighted by Gasteiger charge is 2.34. The van der Waals surface area contributed by atoms with Gasteiger partial charge < -0.3 is 4.74 Å². The molecule has 2 rings (SSSR count). The molecule has 0 aliphatic carbocycles. The van der Waals surface area contributed by atoms with Gasteiger partial charge >= 0.3 is 0 Å². The van der Waals surface area contributed by atoms with E-state index in [0.29, 0.717) is 0 Å². The number of ether oxygens (including phenoxy) is 1. The number of nitrogens with zero attached hydrogens (tertiary/aromatic N) is 1. The fourth-order valence-electron chi connectivity index (χ4n) is 2.29. The van der Waals surface area contributed by atoms with Crippen molar-refractivity contribution in [2.75, 3.05) is 19.7 Å². The van der Waals surface area contributed by atoms with E-state index in [9.17, 15) is 0 Å². The van der Waals surface area contributed by atoms with E-state index >= 15 is 0 Å². The first kappa shape index (κ1) is 10.7. The Labute approximate surface area is 91.6 Å². The van der Waals surface area contributed by atoms with Crippen molar-refractivity contribution in [2.45, 2.75) is 25.4 Å². The molecule has 0 aromatic heterocycles. The maximum Gasteiger partial charge on any atom is 0.0956 e. The lowest BCUT2D eigenvalue weighted by atomic mass is 9.85. The summed E-state index contributed by atoms with van der Waals surface area (Å²) in [4.78, 5) is 0. The second-order valence-electron chi connectivity index (χ2n) is 3.96. The maximum atomic E-state index is 6.00. The molecule has 1 saturated heterocycles. The Hall–Kier alpha value is -0.860. The summed E-state index contributed by atoms with van der Waals surface area (Å²) in [7, 11) is 0. The molecule has 0 amide bonds. The Morgan fingerprint density at radius 2 is 1.87 bits per heavy atom. The topological polar surface area (TPSA) is 23.3 Å². The minimum Gasteiger partial charge on any atom is -0.370 e. The molecule has 0 spiro atoms. The standard InChI is InChI=1S/C13H18NO/c1-2-15-13(8-10-14-11-9-13)12-6-4-3-5-7-12/h3-7H,2,8-11H2,1H3. The van der Waals surface area contributed by atoms with Crippen molar-refractivity contribution in [3.8, 4) is 0 Å². The molecule has 2 nitrogen and oxygen atoms in total. The van der Waals surface area contributed by atoms with Gasteiger partial charge in [-0.25, -0.2) is 5.32 Å². The highest BCUT2D eigenvalue weighted by atomic mass is 16.5. The second kappa shape index (κ2) is 4.77. The quantitative estimate of drug-likeness (QED) is 0.741. The van der Waals surface area contributed by atoms with Crippen LogP contribution >= 0.6 is 0 Å². The molecule has 81 valence electrons. The van der Waals surface area contributed by atoms with Crippen LogP contribution in [0.1, 0.15) is 25.3 Å². The van der Waals surface area contributed by atoms with Gasteiger partial charge in [-0.1, -0.05) is 30.3 Å². The van der Waals surface area contributed by atoms with Gasteiger partial charge in [0.2, 0.25) is 0 Å². The molecule has 1 fully saturated rings. The van der Waals surface area contributed by atoms with E-state index < -0.39 is 0 Å². The highest BCUT2D eigenvalue weighted by molar-refractivity contribution is 5.23. The van der Waals surface area contributed by atoms with E-state index in [2.05, 4.69) is 42.6 Å². The molecule has 1 aliphatic rings. The fraction of sp³-hybridized carbons (Fsp3) is 0.538. The van der Waals surface area contributed by atoms with Crippen molar-refractivity contribution in [1.29, 1.82) is 0 Å². The number of hydrogen-bond acceptors (Lipinski definition) is 1. The van der Waals surface area contributed by atoms with Gasteiger partial charge in [-0.05, 0) is 25.3 Å². The zero-order valence-corrected chi connectivity index (χ0v) is 9.28. The molecular formula is C13H18NO. The Morgan fingerprint density at radius 3 is 2.47 bits per heavy atom. The van der Waals surface area contributed by atoms with Crippen LogP contribution in [0.25, 0.3) is 0 Å².